The zero-order valence-corrected chi connectivity index (χ0v) is 15.9. The van der Waals surface area contributed by atoms with E-state index in [0.717, 1.165) is 27.0 Å². The van der Waals surface area contributed by atoms with E-state index in [0.29, 0.717) is 11.4 Å². The predicted octanol–water partition coefficient (Wildman–Crippen LogP) is 3.42. The van der Waals surface area contributed by atoms with Crippen LogP contribution in [0.25, 0.3) is 0 Å². The number of carbonyl (C=O) groups excluding carboxylic acids is 1. The molecule has 0 aromatic heterocycles. The van der Waals surface area contributed by atoms with Crippen molar-refractivity contribution >= 4 is 43.2 Å². The second kappa shape index (κ2) is 7.81. The first-order valence-electron chi connectivity index (χ1n) is 7.41. The van der Waals surface area contributed by atoms with E-state index >= 15 is 0 Å². The molecule has 24 heavy (non-hydrogen) atoms. The Morgan fingerprint density at radius 1 is 1.17 bits per heavy atom. The first-order valence-corrected chi connectivity index (χ1v) is 10.1. The molecule has 0 spiro atoms. The number of sulfonamides is 1. The van der Waals surface area contributed by atoms with E-state index in [1.54, 1.807) is 30.3 Å². The van der Waals surface area contributed by atoms with E-state index in [1.165, 1.54) is 0 Å². The summed E-state index contributed by atoms with van der Waals surface area (Å²) in [4.78, 5) is 12.2. The van der Waals surface area contributed by atoms with Gasteiger partial charge in [-0.15, -0.1) is 0 Å². The predicted molar refractivity (Wildman–Crippen MR) is 101 cm³/mol. The standard InChI is InChI=1S/C17H19BrN2O3S/c1-3-13-7-9-16(10-8-13)20(24(2,22)23)12-17(21)19-15-6-4-5-14(18)11-15/h4-11H,3,12H2,1-2H3,(H,19,21). The lowest BCUT2D eigenvalue weighted by atomic mass is 10.1. The summed E-state index contributed by atoms with van der Waals surface area (Å²) in [5.41, 5.74) is 2.18. The van der Waals surface area contributed by atoms with E-state index in [2.05, 4.69) is 21.2 Å². The lowest BCUT2D eigenvalue weighted by Crippen LogP contribution is -2.37. The quantitative estimate of drug-likeness (QED) is 0.792. The maximum absolute atomic E-state index is 12.2. The molecule has 0 unspecified atom stereocenters. The highest BCUT2D eigenvalue weighted by Gasteiger charge is 2.20. The third-order valence-corrected chi connectivity index (χ3v) is 5.06. The summed E-state index contributed by atoms with van der Waals surface area (Å²) in [5, 5.41) is 2.70. The summed E-state index contributed by atoms with van der Waals surface area (Å²) in [6.07, 6.45) is 1.95. The minimum Gasteiger partial charge on any atom is -0.324 e. The fourth-order valence-electron chi connectivity index (χ4n) is 2.20. The van der Waals surface area contributed by atoms with Gasteiger partial charge in [-0.05, 0) is 42.3 Å². The molecule has 0 bridgehead atoms. The monoisotopic (exact) mass is 410 g/mol. The highest BCUT2D eigenvalue weighted by Crippen LogP contribution is 2.19. The van der Waals surface area contributed by atoms with Crippen molar-refractivity contribution < 1.29 is 13.2 Å². The van der Waals surface area contributed by atoms with Gasteiger partial charge in [0.25, 0.3) is 0 Å². The number of amides is 1. The first-order chi connectivity index (χ1) is 11.3. The molecule has 128 valence electrons. The van der Waals surface area contributed by atoms with Gasteiger partial charge in [0.1, 0.15) is 6.54 Å². The topological polar surface area (TPSA) is 66.5 Å². The molecule has 0 aliphatic heterocycles. The van der Waals surface area contributed by atoms with Crippen LogP contribution in [-0.2, 0) is 21.2 Å². The van der Waals surface area contributed by atoms with Gasteiger partial charge in [0, 0.05) is 10.2 Å². The first kappa shape index (κ1) is 18.5. The summed E-state index contributed by atoms with van der Waals surface area (Å²) in [7, 11) is -3.57. The van der Waals surface area contributed by atoms with Crippen molar-refractivity contribution in [1.82, 2.24) is 0 Å². The van der Waals surface area contributed by atoms with Crippen LogP contribution in [0.2, 0.25) is 0 Å². The van der Waals surface area contributed by atoms with Crippen LogP contribution < -0.4 is 9.62 Å². The number of nitrogens with zero attached hydrogens (tertiary/aromatic N) is 1. The Labute approximate surface area is 150 Å². The molecule has 0 saturated carbocycles. The molecule has 0 heterocycles. The van der Waals surface area contributed by atoms with E-state index in [1.807, 2.05) is 25.1 Å². The van der Waals surface area contributed by atoms with Gasteiger partial charge in [-0.3, -0.25) is 9.10 Å². The molecule has 2 rings (SSSR count). The molecule has 2 aromatic carbocycles. The van der Waals surface area contributed by atoms with Crippen molar-refractivity contribution in [1.29, 1.82) is 0 Å². The average Bonchev–Trinajstić information content (AvgIpc) is 2.52. The Morgan fingerprint density at radius 3 is 2.38 bits per heavy atom. The summed E-state index contributed by atoms with van der Waals surface area (Å²) in [6.45, 7) is 1.74. The zero-order chi connectivity index (χ0) is 17.7. The number of rotatable bonds is 6. The van der Waals surface area contributed by atoms with Crippen molar-refractivity contribution in [3.63, 3.8) is 0 Å². The normalized spacial score (nSPS) is 11.1. The fraction of sp³-hybridized carbons (Fsp3) is 0.235. The van der Waals surface area contributed by atoms with Gasteiger partial charge >= 0.3 is 0 Å². The molecule has 1 N–H and O–H groups in total. The Bertz CT molecular complexity index is 820. The molecule has 5 nitrogen and oxygen atoms in total. The van der Waals surface area contributed by atoms with Crippen molar-refractivity contribution in [2.24, 2.45) is 0 Å². The van der Waals surface area contributed by atoms with Crippen LogP contribution in [0.15, 0.2) is 53.0 Å². The number of hydrogen-bond acceptors (Lipinski definition) is 3. The summed E-state index contributed by atoms with van der Waals surface area (Å²) in [5.74, 6) is -0.405. The Balaban J connectivity index is 2.18. The van der Waals surface area contributed by atoms with E-state index in [4.69, 9.17) is 0 Å². The maximum atomic E-state index is 12.2. The lowest BCUT2D eigenvalue weighted by Gasteiger charge is -2.22. The maximum Gasteiger partial charge on any atom is 0.245 e. The molecule has 0 fully saturated rings. The van der Waals surface area contributed by atoms with Gasteiger partial charge < -0.3 is 5.32 Å². The summed E-state index contributed by atoms with van der Waals surface area (Å²) >= 11 is 3.33. The van der Waals surface area contributed by atoms with Crippen LogP contribution in [0, 0.1) is 0 Å². The molecule has 0 saturated heterocycles. The molecule has 0 aliphatic rings. The van der Waals surface area contributed by atoms with E-state index in [-0.39, 0.29) is 6.54 Å². The molecule has 0 radical (unpaired) electrons. The number of aryl methyl sites for hydroxylation is 1. The number of nitrogens with one attached hydrogen (secondary N) is 1. The van der Waals surface area contributed by atoms with Gasteiger partial charge in [-0.25, -0.2) is 8.42 Å². The SMILES string of the molecule is CCc1ccc(N(CC(=O)Nc2cccc(Br)c2)S(C)(=O)=O)cc1. The van der Waals surface area contributed by atoms with Gasteiger partial charge in [0.05, 0.1) is 11.9 Å². The third-order valence-electron chi connectivity index (χ3n) is 3.43. The van der Waals surface area contributed by atoms with Crippen molar-refractivity contribution in [3.8, 4) is 0 Å². The van der Waals surface area contributed by atoms with Crippen LogP contribution in [0.4, 0.5) is 11.4 Å². The second-order valence-corrected chi connectivity index (χ2v) is 8.17. The third kappa shape index (κ3) is 5.07. The second-order valence-electron chi connectivity index (χ2n) is 5.35. The lowest BCUT2D eigenvalue weighted by molar-refractivity contribution is -0.114. The molecule has 0 aliphatic carbocycles. The van der Waals surface area contributed by atoms with Gasteiger partial charge in [0.2, 0.25) is 15.9 Å². The number of halogens is 1. The summed E-state index contributed by atoms with van der Waals surface area (Å²) in [6, 6.07) is 14.3. The summed E-state index contributed by atoms with van der Waals surface area (Å²) < 4.78 is 26.1. The molecular weight excluding hydrogens is 392 g/mol. The fourth-order valence-corrected chi connectivity index (χ4v) is 3.45. The Hall–Kier alpha value is -1.86. The highest BCUT2D eigenvalue weighted by atomic mass is 79.9. The number of carbonyl (C=O) groups is 1. The molecule has 0 atom stereocenters. The van der Waals surface area contributed by atoms with Crippen LogP contribution in [-0.4, -0.2) is 27.1 Å². The van der Waals surface area contributed by atoms with Crippen molar-refractivity contribution in [2.45, 2.75) is 13.3 Å². The van der Waals surface area contributed by atoms with Gasteiger partial charge in [0.15, 0.2) is 0 Å². The highest BCUT2D eigenvalue weighted by molar-refractivity contribution is 9.10. The minimum absolute atomic E-state index is 0.281. The number of benzene rings is 2. The Kier molecular flexibility index (Phi) is 6.01. The molecular formula is C17H19BrN2O3S. The Morgan fingerprint density at radius 2 is 1.83 bits per heavy atom. The molecule has 7 heteroatoms. The van der Waals surface area contributed by atoms with Crippen LogP contribution >= 0.6 is 15.9 Å². The number of anilines is 2. The largest absolute Gasteiger partial charge is 0.324 e. The molecule has 2 aromatic rings. The minimum atomic E-state index is -3.57. The average molecular weight is 411 g/mol. The van der Waals surface area contributed by atoms with Crippen LogP contribution in [0.5, 0.6) is 0 Å². The van der Waals surface area contributed by atoms with Crippen LogP contribution in [0.1, 0.15) is 12.5 Å². The van der Waals surface area contributed by atoms with Crippen LogP contribution in [0.3, 0.4) is 0 Å². The van der Waals surface area contributed by atoms with E-state index < -0.39 is 15.9 Å². The number of hydrogen-bond donors (Lipinski definition) is 1. The molecule has 1 amide bonds. The smallest absolute Gasteiger partial charge is 0.245 e. The van der Waals surface area contributed by atoms with Gasteiger partial charge in [-0.1, -0.05) is 41.1 Å². The van der Waals surface area contributed by atoms with Crippen molar-refractivity contribution in [2.75, 3.05) is 22.4 Å². The van der Waals surface area contributed by atoms with E-state index in [9.17, 15) is 13.2 Å². The van der Waals surface area contributed by atoms with Gasteiger partial charge in [-0.2, -0.15) is 0 Å². The van der Waals surface area contributed by atoms with Crippen molar-refractivity contribution in [3.05, 3.63) is 58.6 Å². The zero-order valence-electron chi connectivity index (χ0n) is 13.5.